The van der Waals surface area contributed by atoms with Crippen molar-refractivity contribution in [2.75, 3.05) is 0 Å². The summed E-state index contributed by atoms with van der Waals surface area (Å²) < 4.78 is 25.2. The van der Waals surface area contributed by atoms with Gasteiger partial charge in [-0.15, -0.1) is 0 Å². The van der Waals surface area contributed by atoms with Crippen molar-refractivity contribution in [1.29, 1.82) is 0 Å². The Morgan fingerprint density at radius 2 is 1.45 bits per heavy atom. The van der Waals surface area contributed by atoms with Gasteiger partial charge in [0.15, 0.2) is 0 Å². The average Bonchev–Trinajstić information content (AvgIpc) is 3.03. The molecular weight excluding hydrogens is 268 g/mol. The first kappa shape index (κ1) is 13.4. The van der Waals surface area contributed by atoms with Crippen LogP contribution in [0.15, 0.2) is 64.4 Å². The molecule has 0 atom stereocenters. The molecule has 20 heavy (non-hydrogen) atoms. The van der Waals surface area contributed by atoms with Crippen molar-refractivity contribution >= 4 is 9.84 Å². The Kier molecular flexibility index (Phi) is 3.62. The highest BCUT2D eigenvalue weighted by Gasteiger charge is 2.21. The van der Waals surface area contributed by atoms with Gasteiger partial charge < -0.3 is 0 Å². The molecule has 0 aliphatic heterocycles. The number of hydrogen-bond donors (Lipinski definition) is 0. The topological polar surface area (TPSA) is 34.1 Å². The molecular formula is C17H18O2S. The van der Waals surface area contributed by atoms with Crippen LogP contribution < -0.4 is 0 Å². The zero-order valence-electron chi connectivity index (χ0n) is 11.3. The summed E-state index contributed by atoms with van der Waals surface area (Å²) in [5, 5.41) is 0. The van der Waals surface area contributed by atoms with Crippen LogP contribution in [0, 0.1) is 0 Å². The summed E-state index contributed by atoms with van der Waals surface area (Å²) in [6.07, 6.45) is 4.85. The fourth-order valence-corrected chi connectivity index (χ4v) is 4.27. The van der Waals surface area contributed by atoms with Crippen LogP contribution in [-0.2, 0) is 9.84 Å². The highest BCUT2D eigenvalue weighted by molar-refractivity contribution is 7.91. The summed E-state index contributed by atoms with van der Waals surface area (Å²) >= 11 is 0. The van der Waals surface area contributed by atoms with Crippen molar-refractivity contribution in [3.05, 3.63) is 60.2 Å². The Morgan fingerprint density at radius 3 is 2.15 bits per heavy atom. The van der Waals surface area contributed by atoms with Crippen LogP contribution in [0.25, 0.3) is 0 Å². The Morgan fingerprint density at radius 1 is 0.800 bits per heavy atom. The third-order valence-corrected chi connectivity index (χ3v) is 5.82. The lowest BCUT2D eigenvalue weighted by molar-refractivity contribution is 0.595. The second kappa shape index (κ2) is 5.41. The molecule has 0 N–H and O–H groups in total. The van der Waals surface area contributed by atoms with Gasteiger partial charge >= 0.3 is 0 Å². The lowest BCUT2D eigenvalue weighted by atomic mass is 9.98. The van der Waals surface area contributed by atoms with Crippen LogP contribution in [0.4, 0.5) is 0 Å². The minimum Gasteiger partial charge on any atom is -0.219 e. The molecule has 3 heteroatoms. The van der Waals surface area contributed by atoms with E-state index in [-0.39, 0.29) is 0 Å². The van der Waals surface area contributed by atoms with Crippen molar-refractivity contribution < 1.29 is 8.42 Å². The normalized spacial score (nSPS) is 16.4. The molecule has 0 unspecified atom stereocenters. The molecule has 2 aromatic rings. The molecule has 104 valence electrons. The van der Waals surface area contributed by atoms with Crippen LogP contribution in [0.2, 0.25) is 0 Å². The van der Waals surface area contributed by atoms with Crippen molar-refractivity contribution in [3.8, 4) is 0 Å². The molecule has 0 saturated heterocycles. The summed E-state index contributed by atoms with van der Waals surface area (Å²) in [5.74, 6) is 0.529. The first-order chi connectivity index (χ1) is 9.68. The van der Waals surface area contributed by atoms with E-state index in [0.29, 0.717) is 15.7 Å². The second-order valence-electron chi connectivity index (χ2n) is 5.37. The Bertz CT molecular complexity index is 684. The average molecular weight is 286 g/mol. The standard InChI is InChI=1S/C17H18O2S/c18-20(19,16-10-2-1-3-11-16)17-12-6-9-15(13-17)14-7-4-5-8-14/h1-3,6,9-14H,4-5,7-8H2. The number of sulfone groups is 1. The zero-order chi connectivity index (χ0) is 14.0. The van der Waals surface area contributed by atoms with Crippen molar-refractivity contribution in [1.82, 2.24) is 0 Å². The van der Waals surface area contributed by atoms with Crippen LogP contribution in [0.1, 0.15) is 37.2 Å². The molecule has 1 aliphatic carbocycles. The summed E-state index contributed by atoms with van der Waals surface area (Å²) in [7, 11) is -3.39. The lowest BCUT2D eigenvalue weighted by Crippen LogP contribution is -2.03. The molecule has 0 bridgehead atoms. The van der Waals surface area contributed by atoms with E-state index in [2.05, 4.69) is 6.07 Å². The molecule has 0 aromatic heterocycles. The molecule has 2 nitrogen and oxygen atoms in total. The molecule has 2 aromatic carbocycles. The summed E-state index contributed by atoms with van der Waals surface area (Å²) in [6, 6.07) is 16.1. The van der Waals surface area contributed by atoms with Gasteiger partial charge in [0.25, 0.3) is 0 Å². The van der Waals surface area contributed by atoms with Gasteiger partial charge in [-0.3, -0.25) is 0 Å². The van der Waals surface area contributed by atoms with E-state index in [4.69, 9.17) is 0 Å². The van der Waals surface area contributed by atoms with Crippen molar-refractivity contribution in [2.24, 2.45) is 0 Å². The molecule has 0 spiro atoms. The van der Waals surface area contributed by atoms with Gasteiger partial charge in [-0.05, 0) is 48.6 Å². The van der Waals surface area contributed by atoms with Crippen LogP contribution in [-0.4, -0.2) is 8.42 Å². The highest BCUT2D eigenvalue weighted by Crippen LogP contribution is 2.35. The van der Waals surface area contributed by atoms with E-state index in [9.17, 15) is 8.42 Å². The van der Waals surface area contributed by atoms with Crippen LogP contribution in [0.5, 0.6) is 0 Å². The Labute approximate surface area is 120 Å². The van der Waals surface area contributed by atoms with Gasteiger partial charge in [0.2, 0.25) is 9.84 Å². The Hall–Kier alpha value is -1.61. The van der Waals surface area contributed by atoms with Crippen LogP contribution >= 0.6 is 0 Å². The lowest BCUT2D eigenvalue weighted by Gasteiger charge is -2.11. The first-order valence-corrected chi connectivity index (χ1v) is 8.56. The van der Waals surface area contributed by atoms with E-state index >= 15 is 0 Å². The van der Waals surface area contributed by atoms with E-state index < -0.39 is 9.84 Å². The minimum absolute atomic E-state index is 0.364. The van der Waals surface area contributed by atoms with E-state index in [1.54, 1.807) is 30.3 Å². The Balaban J connectivity index is 2.00. The minimum atomic E-state index is -3.39. The summed E-state index contributed by atoms with van der Waals surface area (Å²) in [5.41, 5.74) is 1.17. The summed E-state index contributed by atoms with van der Waals surface area (Å²) in [4.78, 5) is 0.775. The highest BCUT2D eigenvalue weighted by atomic mass is 32.2. The molecule has 0 amide bonds. The van der Waals surface area contributed by atoms with E-state index in [1.165, 1.54) is 31.2 Å². The van der Waals surface area contributed by atoms with E-state index in [0.717, 1.165) is 0 Å². The third kappa shape index (κ3) is 2.50. The maximum atomic E-state index is 12.6. The van der Waals surface area contributed by atoms with E-state index in [1.807, 2.05) is 18.2 Å². The van der Waals surface area contributed by atoms with Crippen molar-refractivity contribution in [3.63, 3.8) is 0 Å². The smallest absolute Gasteiger partial charge is 0.206 e. The maximum Gasteiger partial charge on any atom is 0.206 e. The fraction of sp³-hybridized carbons (Fsp3) is 0.294. The van der Waals surface area contributed by atoms with Gasteiger partial charge in [-0.2, -0.15) is 0 Å². The summed E-state index contributed by atoms with van der Waals surface area (Å²) in [6.45, 7) is 0. The quantitative estimate of drug-likeness (QED) is 0.848. The molecule has 0 radical (unpaired) electrons. The third-order valence-electron chi connectivity index (χ3n) is 4.05. The van der Waals surface area contributed by atoms with Gasteiger partial charge in [-0.25, -0.2) is 8.42 Å². The molecule has 1 fully saturated rings. The number of rotatable bonds is 3. The number of benzene rings is 2. The predicted octanol–water partition coefficient (Wildman–Crippen LogP) is 4.18. The number of hydrogen-bond acceptors (Lipinski definition) is 2. The molecule has 3 rings (SSSR count). The molecule has 1 aliphatic rings. The maximum absolute atomic E-state index is 12.6. The monoisotopic (exact) mass is 286 g/mol. The van der Waals surface area contributed by atoms with Gasteiger partial charge in [0.05, 0.1) is 9.79 Å². The zero-order valence-corrected chi connectivity index (χ0v) is 12.1. The second-order valence-corrected chi connectivity index (χ2v) is 7.32. The van der Waals surface area contributed by atoms with Gasteiger partial charge in [-0.1, -0.05) is 43.2 Å². The predicted molar refractivity (Wildman–Crippen MR) is 79.5 cm³/mol. The van der Waals surface area contributed by atoms with Gasteiger partial charge in [0.1, 0.15) is 0 Å². The fourth-order valence-electron chi connectivity index (χ4n) is 2.93. The molecule has 1 saturated carbocycles. The largest absolute Gasteiger partial charge is 0.219 e. The van der Waals surface area contributed by atoms with Crippen LogP contribution in [0.3, 0.4) is 0 Å². The first-order valence-electron chi connectivity index (χ1n) is 7.08. The van der Waals surface area contributed by atoms with Gasteiger partial charge in [0, 0.05) is 0 Å². The molecule has 0 heterocycles. The SMILES string of the molecule is O=S(=O)(c1ccccc1)c1cccc(C2CCCC2)c1. The van der Waals surface area contributed by atoms with Crippen molar-refractivity contribution in [2.45, 2.75) is 41.4 Å².